The van der Waals surface area contributed by atoms with E-state index in [1.165, 1.54) is 17.7 Å². The number of aromatic nitrogens is 1. The number of nitrogens with zero attached hydrogens (tertiary/aromatic N) is 1. The average molecular weight is 472 g/mol. The van der Waals surface area contributed by atoms with Gasteiger partial charge in [0, 0.05) is 26.4 Å². The van der Waals surface area contributed by atoms with E-state index in [0.717, 1.165) is 16.9 Å². The number of pyridine rings is 1. The fourth-order valence-corrected chi connectivity index (χ4v) is 3.06. The quantitative estimate of drug-likeness (QED) is 0.283. The molecule has 176 valence electrons. The van der Waals surface area contributed by atoms with Gasteiger partial charge in [-0.05, 0) is 42.3 Å². The van der Waals surface area contributed by atoms with E-state index in [9.17, 15) is 13.0 Å². The highest BCUT2D eigenvalue weighted by Crippen LogP contribution is 2.15. The first kappa shape index (κ1) is 26.2. The lowest BCUT2D eigenvalue weighted by molar-refractivity contribution is -0.671. The molecule has 33 heavy (non-hydrogen) atoms. The standard InChI is InChI=1S/C18H22NO3.C7H8O3S/c1-19-12-10-16(11-13-19)5-4-15-6-8-17(9-7-15)22-14-18(20-2)21-3;1-6-2-4-7(5-3-6)11(8,9)10/h4-13,18H,14H2,1-3H3;2-5H,1H3,(H,8,9,10)/q+1;/p-1/b5-4+;. The van der Waals surface area contributed by atoms with E-state index in [4.69, 9.17) is 14.2 Å². The first-order chi connectivity index (χ1) is 15.7. The molecule has 7 nitrogen and oxygen atoms in total. The SMILES string of the molecule is COC(COc1ccc(/C=C/c2cc[n+](C)cc2)cc1)OC.Cc1ccc(S(=O)(=O)[O-])cc1. The van der Waals surface area contributed by atoms with Gasteiger partial charge in [-0.1, -0.05) is 42.0 Å². The van der Waals surface area contributed by atoms with Crippen molar-refractivity contribution in [2.75, 3.05) is 20.8 Å². The second-order valence-electron chi connectivity index (χ2n) is 7.18. The molecule has 0 radical (unpaired) electrons. The molecule has 3 aromatic rings. The second-order valence-corrected chi connectivity index (χ2v) is 8.56. The van der Waals surface area contributed by atoms with Gasteiger partial charge in [0.1, 0.15) is 29.5 Å². The zero-order chi connectivity index (χ0) is 24.3. The highest BCUT2D eigenvalue weighted by atomic mass is 32.2. The molecule has 0 N–H and O–H groups in total. The van der Waals surface area contributed by atoms with Crippen molar-refractivity contribution in [2.24, 2.45) is 7.05 Å². The normalized spacial score (nSPS) is 11.3. The van der Waals surface area contributed by atoms with E-state index >= 15 is 0 Å². The summed E-state index contributed by atoms with van der Waals surface area (Å²) in [6, 6.07) is 17.8. The van der Waals surface area contributed by atoms with Gasteiger partial charge in [0.05, 0.1) is 4.90 Å². The van der Waals surface area contributed by atoms with Crippen LogP contribution in [0.3, 0.4) is 0 Å². The lowest BCUT2D eigenvalue weighted by Gasteiger charge is -2.14. The minimum Gasteiger partial charge on any atom is -0.744 e. The summed E-state index contributed by atoms with van der Waals surface area (Å²) in [7, 11) is 0.919. The van der Waals surface area contributed by atoms with Crippen molar-refractivity contribution in [3.05, 3.63) is 89.7 Å². The first-order valence-electron chi connectivity index (χ1n) is 10.2. The average Bonchev–Trinajstić information content (AvgIpc) is 2.80. The Morgan fingerprint density at radius 2 is 1.39 bits per heavy atom. The van der Waals surface area contributed by atoms with Gasteiger partial charge in [0.15, 0.2) is 18.7 Å². The molecule has 0 aliphatic rings. The third-order valence-corrected chi connectivity index (χ3v) is 5.42. The minimum absolute atomic E-state index is 0.178. The smallest absolute Gasteiger partial charge is 0.191 e. The van der Waals surface area contributed by atoms with Crippen LogP contribution in [0.2, 0.25) is 0 Å². The third-order valence-electron chi connectivity index (χ3n) is 4.57. The van der Waals surface area contributed by atoms with Gasteiger partial charge in [0.2, 0.25) is 0 Å². The van der Waals surface area contributed by atoms with Crippen molar-refractivity contribution in [1.82, 2.24) is 0 Å². The number of benzene rings is 2. The Balaban J connectivity index is 0.000000294. The molecule has 3 rings (SSSR count). The highest BCUT2D eigenvalue weighted by Gasteiger charge is 2.05. The largest absolute Gasteiger partial charge is 0.744 e. The first-order valence-corrected chi connectivity index (χ1v) is 11.6. The van der Waals surface area contributed by atoms with Gasteiger partial charge in [-0.2, -0.15) is 0 Å². The molecule has 0 saturated heterocycles. The van der Waals surface area contributed by atoms with Crippen molar-refractivity contribution in [3.8, 4) is 5.75 Å². The zero-order valence-corrected chi connectivity index (χ0v) is 20.0. The van der Waals surface area contributed by atoms with Crippen molar-refractivity contribution in [3.63, 3.8) is 0 Å². The van der Waals surface area contributed by atoms with Crippen LogP contribution in [0.1, 0.15) is 16.7 Å². The molecule has 0 aliphatic carbocycles. The van der Waals surface area contributed by atoms with Crippen LogP contribution in [0.5, 0.6) is 5.75 Å². The van der Waals surface area contributed by atoms with Gasteiger partial charge < -0.3 is 18.8 Å². The molecule has 0 atom stereocenters. The molecule has 0 fully saturated rings. The fourth-order valence-electron chi connectivity index (χ4n) is 2.59. The summed E-state index contributed by atoms with van der Waals surface area (Å²) >= 11 is 0. The van der Waals surface area contributed by atoms with E-state index in [0.29, 0.717) is 6.61 Å². The minimum atomic E-state index is -4.27. The van der Waals surface area contributed by atoms with Gasteiger partial charge in [-0.3, -0.25) is 0 Å². The van der Waals surface area contributed by atoms with E-state index < -0.39 is 10.1 Å². The molecule has 0 amide bonds. The zero-order valence-electron chi connectivity index (χ0n) is 19.2. The topological polar surface area (TPSA) is 88.8 Å². The monoisotopic (exact) mass is 471 g/mol. The number of hydrogen-bond acceptors (Lipinski definition) is 6. The van der Waals surface area contributed by atoms with Crippen LogP contribution in [0.25, 0.3) is 12.2 Å². The van der Waals surface area contributed by atoms with E-state index in [1.807, 2.05) is 55.2 Å². The summed E-state index contributed by atoms with van der Waals surface area (Å²) < 4.78 is 48.9. The molecule has 1 heterocycles. The predicted molar refractivity (Wildman–Crippen MR) is 125 cm³/mol. The Kier molecular flexibility index (Phi) is 10.2. The van der Waals surface area contributed by atoms with E-state index in [2.05, 4.69) is 24.3 Å². The number of rotatable bonds is 8. The van der Waals surface area contributed by atoms with Crippen LogP contribution in [-0.2, 0) is 26.6 Å². The van der Waals surface area contributed by atoms with Crippen molar-refractivity contribution < 1.29 is 31.7 Å². The molecule has 0 aliphatic heterocycles. The van der Waals surface area contributed by atoms with Gasteiger partial charge in [0.25, 0.3) is 0 Å². The number of methoxy groups -OCH3 is 2. The van der Waals surface area contributed by atoms with Crippen molar-refractivity contribution in [2.45, 2.75) is 18.1 Å². The van der Waals surface area contributed by atoms with Gasteiger partial charge in [-0.15, -0.1) is 0 Å². The summed E-state index contributed by atoms with van der Waals surface area (Å²) in [6.45, 7) is 2.18. The number of aryl methyl sites for hydroxylation is 2. The maximum absolute atomic E-state index is 10.4. The predicted octanol–water partition coefficient (Wildman–Crippen LogP) is 3.58. The molecular weight excluding hydrogens is 442 g/mol. The van der Waals surface area contributed by atoms with Gasteiger partial charge in [-0.25, -0.2) is 13.0 Å². The summed E-state index contributed by atoms with van der Waals surface area (Å²) in [5, 5.41) is 0. The van der Waals surface area contributed by atoms with Crippen LogP contribution in [0.4, 0.5) is 0 Å². The summed E-state index contributed by atoms with van der Waals surface area (Å²) in [5.41, 5.74) is 3.22. The van der Waals surface area contributed by atoms with E-state index in [1.54, 1.807) is 26.4 Å². The second kappa shape index (κ2) is 12.9. The Morgan fingerprint density at radius 1 is 0.879 bits per heavy atom. The van der Waals surface area contributed by atoms with Crippen LogP contribution >= 0.6 is 0 Å². The fraction of sp³-hybridized carbons (Fsp3) is 0.240. The Bertz CT molecular complexity index is 1110. The lowest BCUT2D eigenvalue weighted by Crippen LogP contribution is -2.25. The summed E-state index contributed by atoms with van der Waals surface area (Å²) in [4.78, 5) is -0.178. The van der Waals surface area contributed by atoms with Crippen molar-refractivity contribution >= 4 is 22.3 Å². The lowest BCUT2D eigenvalue weighted by atomic mass is 10.1. The maximum Gasteiger partial charge on any atom is 0.191 e. The van der Waals surface area contributed by atoms with Crippen LogP contribution in [-0.4, -0.2) is 40.1 Å². The van der Waals surface area contributed by atoms with Crippen LogP contribution in [0.15, 0.2) is 78.0 Å². The molecule has 1 aromatic heterocycles. The third kappa shape index (κ3) is 9.55. The van der Waals surface area contributed by atoms with E-state index in [-0.39, 0.29) is 11.2 Å². The molecule has 0 spiro atoms. The molecule has 0 bridgehead atoms. The molecule has 0 saturated carbocycles. The Labute approximate surface area is 195 Å². The van der Waals surface area contributed by atoms with Gasteiger partial charge >= 0.3 is 0 Å². The Hall–Kier alpha value is -3.04. The van der Waals surface area contributed by atoms with Crippen LogP contribution < -0.4 is 9.30 Å². The highest BCUT2D eigenvalue weighted by molar-refractivity contribution is 7.85. The maximum atomic E-state index is 10.4. The summed E-state index contributed by atoms with van der Waals surface area (Å²) in [6.07, 6.45) is 7.87. The molecule has 8 heteroatoms. The summed E-state index contributed by atoms with van der Waals surface area (Å²) in [5.74, 6) is 0.794. The van der Waals surface area contributed by atoms with Crippen LogP contribution in [0, 0.1) is 6.92 Å². The molecule has 0 unspecified atom stereocenters. The number of hydrogen-bond donors (Lipinski definition) is 0. The molecular formula is C25H29NO6S. The number of ether oxygens (including phenoxy) is 3. The Morgan fingerprint density at radius 3 is 1.88 bits per heavy atom. The molecule has 2 aromatic carbocycles. The van der Waals surface area contributed by atoms with Crippen molar-refractivity contribution in [1.29, 1.82) is 0 Å².